The fourth-order valence-electron chi connectivity index (χ4n) is 1.95. The maximum atomic E-state index is 5.92. The molecule has 0 radical (unpaired) electrons. The Morgan fingerprint density at radius 2 is 1.93 bits per heavy atom. The zero-order valence-electron chi connectivity index (χ0n) is 9.99. The summed E-state index contributed by atoms with van der Waals surface area (Å²) in [6.45, 7) is 2.63. The molecule has 0 aliphatic heterocycles. The van der Waals surface area contributed by atoms with E-state index >= 15 is 0 Å². The molecule has 0 aromatic heterocycles. The Morgan fingerprint density at radius 3 is 2.47 bits per heavy atom. The molecule has 0 amide bonds. The van der Waals surface area contributed by atoms with Gasteiger partial charge in [-0.15, -0.1) is 0 Å². The lowest BCUT2D eigenvalue weighted by Crippen LogP contribution is -2.42. The van der Waals surface area contributed by atoms with Gasteiger partial charge in [0.05, 0.1) is 0 Å². The second-order valence-corrected chi connectivity index (χ2v) is 7.20. The van der Waals surface area contributed by atoms with Crippen molar-refractivity contribution < 1.29 is 13.3 Å². The monoisotopic (exact) mass is 233 g/mol. The normalized spacial score (nSPS) is 28.0. The first kappa shape index (κ1) is 13.1. The molecule has 2 unspecified atom stereocenters. The molecular formula is C10H23NO3Si. The van der Waals surface area contributed by atoms with Crippen LogP contribution in [0.2, 0.25) is 6.55 Å². The summed E-state index contributed by atoms with van der Waals surface area (Å²) in [6.07, 6.45) is 4.65. The van der Waals surface area contributed by atoms with Crippen LogP contribution in [-0.2, 0) is 13.3 Å². The minimum atomic E-state index is -2.34. The molecule has 0 aromatic carbocycles. The molecule has 2 N–H and O–H groups in total. The number of nitrogens with two attached hydrogens (primary N) is 1. The Balaban J connectivity index is 2.29. The highest BCUT2D eigenvalue weighted by Gasteiger charge is 2.33. The fourth-order valence-corrected chi connectivity index (χ4v) is 2.90. The van der Waals surface area contributed by atoms with Gasteiger partial charge in [-0.05, 0) is 25.2 Å². The van der Waals surface area contributed by atoms with E-state index in [1.54, 1.807) is 14.2 Å². The van der Waals surface area contributed by atoms with Crippen molar-refractivity contribution in [3.05, 3.63) is 0 Å². The Kier molecular flexibility index (Phi) is 5.21. The van der Waals surface area contributed by atoms with Crippen LogP contribution in [0.1, 0.15) is 25.7 Å². The van der Waals surface area contributed by atoms with Crippen LogP contribution < -0.4 is 5.73 Å². The van der Waals surface area contributed by atoms with Crippen molar-refractivity contribution in [2.45, 2.75) is 38.3 Å². The van der Waals surface area contributed by atoms with E-state index < -0.39 is 8.80 Å². The Bertz CT molecular complexity index is 188. The topological polar surface area (TPSA) is 53.7 Å². The summed E-state index contributed by atoms with van der Waals surface area (Å²) in [5.74, 6) is 0.575. The Labute approximate surface area is 93.4 Å². The van der Waals surface area contributed by atoms with Gasteiger partial charge in [0.1, 0.15) is 0 Å². The molecule has 1 rings (SSSR count). The summed E-state index contributed by atoms with van der Waals surface area (Å²) in [4.78, 5) is 0. The second kappa shape index (κ2) is 5.96. The van der Waals surface area contributed by atoms with Crippen LogP contribution in [0.3, 0.4) is 0 Å². The maximum Gasteiger partial charge on any atom is 0.497 e. The minimum Gasteiger partial charge on any atom is -0.377 e. The lowest BCUT2D eigenvalue weighted by atomic mass is 9.87. The molecule has 1 aliphatic rings. The van der Waals surface area contributed by atoms with Crippen LogP contribution in [0.5, 0.6) is 0 Å². The molecule has 0 aromatic rings. The van der Waals surface area contributed by atoms with E-state index in [-0.39, 0.29) is 0 Å². The van der Waals surface area contributed by atoms with Gasteiger partial charge in [-0.3, -0.25) is 0 Å². The van der Waals surface area contributed by atoms with Crippen LogP contribution in [0, 0.1) is 5.92 Å². The predicted molar refractivity (Wildman–Crippen MR) is 61.5 cm³/mol. The minimum absolute atomic E-state index is 0.352. The van der Waals surface area contributed by atoms with Gasteiger partial charge >= 0.3 is 8.80 Å². The van der Waals surface area contributed by atoms with E-state index in [9.17, 15) is 0 Å². The van der Waals surface area contributed by atoms with Gasteiger partial charge in [0.25, 0.3) is 0 Å². The van der Waals surface area contributed by atoms with E-state index in [0.29, 0.717) is 12.0 Å². The highest BCUT2D eigenvalue weighted by Crippen LogP contribution is 2.24. The van der Waals surface area contributed by atoms with Gasteiger partial charge in [-0.25, -0.2) is 0 Å². The molecule has 90 valence electrons. The second-order valence-electron chi connectivity index (χ2n) is 4.37. The smallest absolute Gasteiger partial charge is 0.377 e. The van der Waals surface area contributed by atoms with Crippen molar-refractivity contribution >= 4 is 8.80 Å². The first-order chi connectivity index (χ1) is 7.09. The van der Waals surface area contributed by atoms with Gasteiger partial charge in [-0.1, -0.05) is 6.42 Å². The van der Waals surface area contributed by atoms with E-state index in [0.717, 1.165) is 19.4 Å². The molecule has 1 aliphatic carbocycles. The summed E-state index contributed by atoms with van der Waals surface area (Å²) in [5, 5.41) is 0. The third kappa shape index (κ3) is 4.20. The summed E-state index contributed by atoms with van der Waals surface area (Å²) in [5.41, 5.74) is 5.92. The van der Waals surface area contributed by atoms with Crippen molar-refractivity contribution in [1.29, 1.82) is 0 Å². The standard InChI is InChI=1S/C10H23NO3Si/c1-12-15(3,13-2)14-8-9-5-4-6-10(11)7-9/h9-10H,4-8,11H2,1-3H3. The van der Waals surface area contributed by atoms with Crippen molar-refractivity contribution in [3.63, 3.8) is 0 Å². The molecule has 0 saturated heterocycles. The lowest BCUT2D eigenvalue weighted by Gasteiger charge is -2.29. The molecular weight excluding hydrogens is 210 g/mol. The quantitative estimate of drug-likeness (QED) is 0.729. The molecule has 0 spiro atoms. The van der Waals surface area contributed by atoms with Gasteiger partial charge in [0.2, 0.25) is 0 Å². The molecule has 15 heavy (non-hydrogen) atoms. The predicted octanol–water partition coefficient (Wildman–Crippen LogP) is 1.38. The molecule has 4 nitrogen and oxygen atoms in total. The van der Waals surface area contributed by atoms with E-state index in [4.69, 9.17) is 19.0 Å². The van der Waals surface area contributed by atoms with E-state index in [1.807, 2.05) is 6.55 Å². The summed E-state index contributed by atoms with van der Waals surface area (Å²) in [7, 11) is 0.938. The largest absolute Gasteiger partial charge is 0.497 e. The first-order valence-electron chi connectivity index (χ1n) is 5.59. The maximum absolute atomic E-state index is 5.92. The zero-order chi connectivity index (χ0) is 11.3. The van der Waals surface area contributed by atoms with Crippen molar-refractivity contribution in [2.75, 3.05) is 20.8 Å². The van der Waals surface area contributed by atoms with Gasteiger partial charge in [0, 0.05) is 33.4 Å². The van der Waals surface area contributed by atoms with Crippen LogP contribution in [-0.4, -0.2) is 35.7 Å². The van der Waals surface area contributed by atoms with Crippen LogP contribution in [0.25, 0.3) is 0 Å². The Hall–Kier alpha value is 0.0569. The third-order valence-corrected chi connectivity index (χ3v) is 5.32. The molecule has 5 heteroatoms. The highest BCUT2D eigenvalue weighted by atomic mass is 28.4. The molecule has 1 fully saturated rings. The van der Waals surface area contributed by atoms with Crippen molar-refractivity contribution in [1.82, 2.24) is 0 Å². The van der Waals surface area contributed by atoms with Gasteiger partial charge in [0.15, 0.2) is 0 Å². The number of hydrogen-bond acceptors (Lipinski definition) is 4. The van der Waals surface area contributed by atoms with Crippen LogP contribution in [0.4, 0.5) is 0 Å². The van der Waals surface area contributed by atoms with Crippen molar-refractivity contribution in [3.8, 4) is 0 Å². The fraction of sp³-hybridized carbons (Fsp3) is 1.00. The SMILES string of the molecule is CO[Si](C)(OC)OCC1CCCC(N)C1. The molecule has 1 saturated carbocycles. The van der Waals surface area contributed by atoms with Gasteiger partial charge < -0.3 is 19.0 Å². The number of hydrogen-bond donors (Lipinski definition) is 1. The summed E-state index contributed by atoms with van der Waals surface area (Å²) >= 11 is 0. The molecule has 0 bridgehead atoms. The first-order valence-corrected chi connectivity index (χ1v) is 7.82. The molecule has 2 atom stereocenters. The van der Waals surface area contributed by atoms with E-state index in [2.05, 4.69) is 0 Å². The molecule has 0 heterocycles. The highest BCUT2D eigenvalue weighted by molar-refractivity contribution is 6.59. The lowest BCUT2D eigenvalue weighted by molar-refractivity contribution is 0.0785. The Morgan fingerprint density at radius 1 is 1.27 bits per heavy atom. The summed E-state index contributed by atoms with van der Waals surface area (Å²) < 4.78 is 16.3. The van der Waals surface area contributed by atoms with Gasteiger partial charge in [-0.2, -0.15) is 0 Å². The average Bonchev–Trinajstić information content (AvgIpc) is 2.26. The van der Waals surface area contributed by atoms with Crippen LogP contribution >= 0.6 is 0 Å². The van der Waals surface area contributed by atoms with Crippen molar-refractivity contribution in [2.24, 2.45) is 11.7 Å². The average molecular weight is 233 g/mol. The van der Waals surface area contributed by atoms with Crippen LogP contribution in [0.15, 0.2) is 0 Å². The number of rotatable bonds is 5. The summed E-state index contributed by atoms with van der Waals surface area (Å²) in [6, 6.07) is 0.352. The van der Waals surface area contributed by atoms with E-state index in [1.165, 1.54) is 12.8 Å². The zero-order valence-corrected chi connectivity index (χ0v) is 11.0. The third-order valence-electron chi connectivity index (χ3n) is 3.15.